The van der Waals surface area contributed by atoms with Crippen molar-refractivity contribution in [1.29, 1.82) is 0 Å². The van der Waals surface area contributed by atoms with Gasteiger partial charge in [0.05, 0.1) is 11.4 Å². The van der Waals surface area contributed by atoms with Crippen molar-refractivity contribution in [2.24, 2.45) is 0 Å². The molecule has 0 spiro atoms. The number of phenolic OH excluding ortho intramolecular Hbond substituents is 1. The predicted octanol–water partition coefficient (Wildman–Crippen LogP) is 4.28. The van der Waals surface area contributed by atoms with Crippen molar-refractivity contribution in [1.82, 2.24) is 14.8 Å². The van der Waals surface area contributed by atoms with Crippen LogP contribution in [0.3, 0.4) is 0 Å². The average Bonchev–Trinajstić information content (AvgIpc) is 3.10. The largest absolute Gasteiger partial charge is 0.506 e. The van der Waals surface area contributed by atoms with E-state index in [4.69, 9.17) is 16.3 Å². The van der Waals surface area contributed by atoms with Crippen molar-refractivity contribution in [2.75, 3.05) is 11.1 Å². The van der Waals surface area contributed by atoms with Crippen LogP contribution in [0.4, 0.5) is 5.69 Å². The zero-order chi connectivity index (χ0) is 20.8. The topological polar surface area (TPSA) is 89.3 Å². The Hall–Kier alpha value is -2.71. The molecule has 2 N–H and O–H groups in total. The minimum Gasteiger partial charge on any atom is -0.506 e. The second-order valence-electron chi connectivity index (χ2n) is 6.20. The first-order valence-corrected chi connectivity index (χ1v) is 10.4. The monoisotopic (exact) mass is 432 g/mol. The highest BCUT2D eigenvalue weighted by molar-refractivity contribution is 7.99. The smallest absolute Gasteiger partial charge is 0.234 e. The number of rotatable bonds is 8. The Bertz CT molecular complexity index is 1010. The Balaban J connectivity index is 1.60. The molecular weight excluding hydrogens is 412 g/mol. The molecule has 0 fully saturated rings. The fraction of sp³-hybridized carbons (Fsp3) is 0.250. The molecule has 0 aliphatic rings. The number of hydrogen-bond acceptors (Lipinski definition) is 6. The van der Waals surface area contributed by atoms with Gasteiger partial charge in [-0.1, -0.05) is 41.6 Å². The maximum absolute atomic E-state index is 12.2. The first kappa shape index (κ1) is 21.0. The van der Waals surface area contributed by atoms with E-state index >= 15 is 0 Å². The van der Waals surface area contributed by atoms with E-state index in [1.54, 1.807) is 6.07 Å². The van der Waals surface area contributed by atoms with Gasteiger partial charge in [-0.25, -0.2) is 0 Å². The highest BCUT2D eigenvalue weighted by Gasteiger charge is 2.15. The van der Waals surface area contributed by atoms with Crippen molar-refractivity contribution in [3.8, 4) is 11.5 Å². The molecule has 0 aliphatic carbocycles. The maximum Gasteiger partial charge on any atom is 0.234 e. The lowest BCUT2D eigenvalue weighted by Crippen LogP contribution is -2.15. The summed E-state index contributed by atoms with van der Waals surface area (Å²) in [7, 11) is 0. The van der Waals surface area contributed by atoms with Crippen molar-refractivity contribution >= 4 is 35.0 Å². The summed E-state index contributed by atoms with van der Waals surface area (Å²) in [6.45, 7) is 4.90. The molecule has 7 nitrogen and oxygen atoms in total. The van der Waals surface area contributed by atoms with Crippen LogP contribution < -0.4 is 10.1 Å². The lowest BCUT2D eigenvalue weighted by atomic mass is 10.2. The van der Waals surface area contributed by atoms with Gasteiger partial charge >= 0.3 is 0 Å². The molecule has 3 aromatic rings. The number of anilines is 1. The van der Waals surface area contributed by atoms with Gasteiger partial charge in [0, 0.05) is 11.6 Å². The number of para-hydroxylation sites is 1. The number of phenols is 1. The summed E-state index contributed by atoms with van der Waals surface area (Å²) in [5.41, 5.74) is 1.32. The van der Waals surface area contributed by atoms with Gasteiger partial charge in [-0.15, -0.1) is 10.2 Å². The number of amides is 1. The van der Waals surface area contributed by atoms with Crippen LogP contribution in [-0.2, 0) is 17.9 Å². The Morgan fingerprint density at radius 2 is 2.07 bits per heavy atom. The molecule has 0 aliphatic heterocycles. The number of carbonyl (C=O) groups excluding carboxylic acids is 1. The van der Waals surface area contributed by atoms with E-state index in [0.717, 1.165) is 11.3 Å². The number of aryl methyl sites for hydroxylation is 1. The number of benzene rings is 2. The van der Waals surface area contributed by atoms with Crippen LogP contribution in [0.5, 0.6) is 11.5 Å². The fourth-order valence-corrected chi connectivity index (χ4v) is 3.63. The van der Waals surface area contributed by atoms with E-state index < -0.39 is 0 Å². The van der Waals surface area contributed by atoms with E-state index in [1.165, 1.54) is 23.9 Å². The normalized spacial score (nSPS) is 10.7. The number of carbonyl (C=O) groups is 1. The van der Waals surface area contributed by atoms with Crippen LogP contribution in [0.1, 0.15) is 18.3 Å². The highest BCUT2D eigenvalue weighted by atomic mass is 35.5. The minimum atomic E-state index is -0.282. The Kier molecular flexibility index (Phi) is 7.00. The SMILES string of the molecule is CCn1c(COc2ccccc2C)nnc1SCC(=O)Nc1cc(Cl)ccc1O. The molecule has 0 unspecified atom stereocenters. The van der Waals surface area contributed by atoms with Gasteiger partial charge in [0.2, 0.25) is 5.91 Å². The molecule has 1 aromatic heterocycles. The standard InChI is InChI=1S/C20H21ClN4O3S/c1-3-25-18(11-28-17-7-5-4-6-13(17)2)23-24-20(25)29-12-19(27)22-15-10-14(21)8-9-16(15)26/h4-10,26H,3,11-12H2,1-2H3,(H,22,27). The molecule has 0 radical (unpaired) electrons. The fourth-order valence-electron chi connectivity index (χ4n) is 2.64. The summed E-state index contributed by atoms with van der Waals surface area (Å²) >= 11 is 7.16. The van der Waals surface area contributed by atoms with Crippen LogP contribution in [-0.4, -0.2) is 31.5 Å². The lowest BCUT2D eigenvalue weighted by molar-refractivity contribution is -0.113. The van der Waals surface area contributed by atoms with Gasteiger partial charge in [0.15, 0.2) is 11.0 Å². The number of nitrogens with zero attached hydrogens (tertiary/aromatic N) is 3. The third-order valence-electron chi connectivity index (χ3n) is 4.13. The second-order valence-corrected chi connectivity index (χ2v) is 7.57. The van der Waals surface area contributed by atoms with Crippen molar-refractivity contribution in [3.05, 3.63) is 58.9 Å². The zero-order valence-electron chi connectivity index (χ0n) is 16.1. The third-order valence-corrected chi connectivity index (χ3v) is 5.33. The van der Waals surface area contributed by atoms with Gasteiger partial charge in [-0.2, -0.15) is 0 Å². The number of aromatic hydroxyl groups is 1. The van der Waals surface area contributed by atoms with Gasteiger partial charge in [-0.3, -0.25) is 4.79 Å². The number of halogens is 1. The lowest BCUT2D eigenvalue weighted by Gasteiger charge is -2.10. The molecule has 1 amide bonds. The number of ether oxygens (including phenoxy) is 1. The van der Waals surface area contributed by atoms with Crippen LogP contribution in [0.15, 0.2) is 47.6 Å². The molecule has 152 valence electrons. The molecule has 2 aromatic carbocycles. The van der Waals surface area contributed by atoms with E-state index in [9.17, 15) is 9.90 Å². The number of hydrogen-bond donors (Lipinski definition) is 2. The zero-order valence-corrected chi connectivity index (χ0v) is 17.6. The summed E-state index contributed by atoms with van der Waals surface area (Å²) in [5.74, 6) is 1.28. The minimum absolute atomic E-state index is 0.0416. The van der Waals surface area contributed by atoms with E-state index in [0.29, 0.717) is 22.5 Å². The first-order valence-electron chi connectivity index (χ1n) is 8.99. The third kappa shape index (κ3) is 5.42. The van der Waals surface area contributed by atoms with Crippen molar-refractivity contribution in [3.63, 3.8) is 0 Å². The van der Waals surface area contributed by atoms with Crippen LogP contribution in [0.25, 0.3) is 0 Å². The Morgan fingerprint density at radius 3 is 2.83 bits per heavy atom. The van der Waals surface area contributed by atoms with Gasteiger partial charge < -0.3 is 19.7 Å². The summed E-state index contributed by atoms with van der Waals surface area (Å²) in [6, 6.07) is 12.2. The molecule has 0 saturated carbocycles. The number of aromatic nitrogens is 3. The highest BCUT2D eigenvalue weighted by Crippen LogP contribution is 2.27. The van der Waals surface area contributed by atoms with E-state index in [-0.39, 0.29) is 29.7 Å². The summed E-state index contributed by atoms with van der Waals surface area (Å²) < 4.78 is 7.77. The second kappa shape index (κ2) is 9.67. The maximum atomic E-state index is 12.2. The molecule has 29 heavy (non-hydrogen) atoms. The van der Waals surface area contributed by atoms with Crippen LogP contribution in [0.2, 0.25) is 5.02 Å². The van der Waals surface area contributed by atoms with Crippen molar-refractivity contribution < 1.29 is 14.6 Å². The van der Waals surface area contributed by atoms with Crippen LogP contribution >= 0.6 is 23.4 Å². The molecule has 0 atom stereocenters. The molecule has 9 heteroatoms. The quantitative estimate of drug-likeness (QED) is 0.408. The Labute approximate surface area is 178 Å². The average molecular weight is 433 g/mol. The summed E-state index contributed by atoms with van der Waals surface area (Å²) in [6.07, 6.45) is 0. The molecule has 1 heterocycles. The van der Waals surface area contributed by atoms with E-state index in [2.05, 4.69) is 15.5 Å². The van der Waals surface area contributed by atoms with Crippen LogP contribution in [0, 0.1) is 6.92 Å². The van der Waals surface area contributed by atoms with Gasteiger partial charge in [-0.05, 0) is 43.7 Å². The predicted molar refractivity (Wildman–Crippen MR) is 114 cm³/mol. The first-order chi connectivity index (χ1) is 14.0. The van der Waals surface area contributed by atoms with E-state index in [1.807, 2.05) is 42.7 Å². The van der Waals surface area contributed by atoms with Crippen molar-refractivity contribution in [2.45, 2.75) is 32.2 Å². The van der Waals surface area contributed by atoms with Gasteiger partial charge in [0.1, 0.15) is 18.1 Å². The van der Waals surface area contributed by atoms with Gasteiger partial charge in [0.25, 0.3) is 0 Å². The molecular formula is C20H21ClN4O3S. The molecule has 0 bridgehead atoms. The Morgan fingerprint density at radius 1 is 1.28 bits per heavy atom. The summed E-state index contributed by atoms with van der Waals surface area (Å²) in [5, 5.41) is 21.9. The summed E-state index contributed by atoms with van der Waals surface area (Å²) in [4.78, 5) is 12.2. The number of thioether (sulfide) groups is 1. The molecule has 3 rings (SSSR count). The molecule has 0 saturated heterocycles. The number of nitrogens with one attached hydrogen (secondary N) is 1.